The van der Waals surface area contributed by atoms with Crippen molar-refractivity contribution in [3.8, 4) is 0 Å². The second-order valence-electron chi connectivity index (χ2n) is 14.6. The van der Waals surface area contributed by atoms with Gasteiger partial charge in [0, 0.05) is 22.7 Å². The summed E-state index contributed by atoms with van der Waals surface area (Å²) in [6, 6.07) is 22.6. The molecular formula is C46H42Cl4N8O6. The van der Waals surface area contributed by atoms with Gasteiger partial charge in [0.25, 0.3) is 23.6 Å². The van der Waals surface area contributed by atoms with Crippen molar-refractivity contribution in [2.75, 3.05) is 21.3 Å². The average Bonchev–Trinajstić information content (AvgIpc) is 3.23. The molecule has 18 heteroatoms. The van der Waals surface area contributed by atoms with Crippen molar-refractivity contribution in [2.45, 2.75) is 64.4 Å². The highest BCUT2D eigenvalue weighted by Crippen LogP contribution is 2.29. The lowest BCUT2D eigenvalue weighted by molar-refractivity contribution is -0.127. The van der Waals surface area contributed by atoms with Gasteiger partial charge in [0.05, 0.1) is 43.3 Å². The highest BCUT2D eigenvalue weighted by atomic mass is 35.5. The lowest BCUT2D eigenvalue weighted by Gasteiger charge is -2.17. The second-order valence-corrected chi connectivity index (χ2v) is 16.8. The minimum atomic E-state index is -1.56. The SMILES string of the molecule is CC(=O)C(N=Nc1ccc(Cl)c(C(=O)Nc2ccc(C(C)Cl)cc2)c1)C(=O)Nc1cc(C)c(NC(=O)C(N=Nc2ccc(Cl)c(C(=O)Nc3ccc(C(C)Cl)cc3)c2)C(C)=O)c(C)c1. The third kappa shape index (κ3) is 12.9. The standard InChI is InChI=1S/C46H42Cl4N8O6/c1-23-19-35(53-45(63)41(27(5)59)57-55-33-15-17-38(49)36(21-33)43(61)51-31-11-7-29(8-12-31)25(3)47)20-24(2)40(23)54-46(64)42(28(6)60)58-56-34-16-18-39(50)37(22-34)44(62)52-32-13-9-30(10-14-32)26(4)48/h7-22,25-26,41-42H,1-6H3,(H,51,61)(H,52,62)(H,53,63)(H,54,64). The maximum absolute atomic E-state index is 13.4. The van der Waals surface area contributed by atoms with Crippen molar-refractivity contribution in [1.29, 1.82) is 0 Å². The van der Waals surface area contributed by atoms with Gasteiger partial charge in [-0.05, 0) is 137 Å². The molecule has 14 nitrogen and oxygen atoms in total. The van der Waals surface area contributed by atoms with Gasteiger partial charge in [-0.2, -0.15) is 20.5 Å². The summed E-state index contributed by atoms with van der Waals surface area (Å²) in [5, 5.41) is 26.9. The number of nitrogens with one attached hydrogen (secondary N) is 4. The summed E-state index contributed by atoms with van der Waals surface area (Å²) >= 11 is 24.9. The molecule has 5 rings (SSSR count). The third-order valence-electron chi connectivity index (χ3n) is 9.54. The number of azo groups is 2. The van der Waals surface area contributed by atoms with Gasteiger partial charge in [-0.1, -0.05) is 47.5 Å². The number of carbonyl (C=O) groups excluding carboxylic acids is 6. The van der Waals surface area contributed by atoms with E-state index in [2.05, 4.69) is 41.7 Å². The van der Waals surface area contributed by atoms with E-state index < -0.39 is 47.3 Å². The van der Waals surface area contributed by atoms with Crippen LogP contribution in [0.2, 0.25) is 10.0 Å². The molecule has 5 aromatic rings. The van der Waals surface area contributed by atoms with Crippen molar-refractivity contribution >= 4 is 116 Å². The van der Waals surface area contributed by atoms with E-state index in [0.29, 0.717) is 28.2 Å². The van der Waals surface area contributed by atoms with Gasteiger partial charge in [0.2, 0.25) is 12.1 Å². The lowest BCUT2D eigenvalue weighted by Crippen LogP contribution is -2.33. The van der Waals surface area contributed by atoms with E-state index in [-0.39, 0.29) is 49.0 Å². The number of hydrogen-bond acceptors (Lipinski definition) is 10. The summed E-state index contributed by atoms with van der Waals surface area (Å²) in [5.41, 5.74) is 4.93. The molecule has 0 aromatic heterocycles. The Balaban J connectivity index is 1.24. The van der Waals surface area contributed by atoms with Crippen LogP contribution in [0.5, 0.6) is 0 Å². The predicted octanol–water partition coefficient (Wildman–Crippen LogP) is 12.1. The fraction of sp³-hybridized carbons (Fsp3) is 0.217. The molecule has 4 N–H and O–H groups in total. The second kappa shape index (κ2) is 21.8. The van der Waals surface area contributed by atoms with Crippen molar-refractivity contribution in [3.63, 3.8) is 0 Å². The van der Waals surface area contributed by atoms with E-state index in [0.717, 1.165) is 11.1 Å². The zero-order valence-electron chi connectivity index (χ0n) is 35.3. The molecule has 0 saturated carbocycles. The smallest absolute Gasteiger partial charge is 0.258 e. The number of hydrogen-bond donors (Lipinski definition) is 4. The normalized spacial score (nSPS) is 13.2. The number of halogens is 4. The van der Waals surface area contributed by atoms with Gasteiger partial charge in [0.15, 0.2) is 11.6 Å². The van der Waals surface area contributed by atoms with Crippen LogP contribution in [0, 0.1) is 13.8 Å². The van der Waals surface area contributed by atoms with E-state index in [1.54, 1.807) is 74.5 Å². The van der Waals surface area contributed by atoms with Gasteiger partial charge >= 0.3 is 0 Å². The van der Waals surface area contributed by atoms with Gasteiger partial charge in [-0.25, -0.2) is 0 Å². The molecule has 0 radical (unpaired) electrons. The Hall–Kier alpha value is -6.32. The number of nitrogens with zero attached hydrogens (tertiary/aromatic N) is 4. The van der Waals surface area contributed by atoms with Crippen LogP contribution in [0.1, 0.15) is 81.4 Å². The number of Topliss-reactive ketones (excluding diaryl/α,β-unsaturated/α-hetero) is 2. The Morgan fingerprint density at radius 1 is 0.500 bits per heavy atom. The van der Waals surface area contributed by atoms with Crippen LogP contribution in [0.15, 0.2) is 118 Å². The molecule has 4 atom stereocenters. The van der Waals surface area contributed by atoms with Gasteiger partial charge in [-0.15, -0.1) is 23.2 Å². The minimum Gasteiger partial charge on any atom is -0.324 e. The summed E-state index contributed by atoms with van der Waals surface area (Å²) in [7, 11) is 0. The first-order valence-electron chi connectivity index (χ1n) is 19.6. The topological polar surface area (TPSA) is 200 Å². The number of carbonyl (C=O) groups is 6. The van der Waals surface area contributed by atoms with Crippen LogP contribution in [0.3, 0.4) is 0 Å². The highest BCUT2D eigenvalue weighted by Gasteiger charge is 2.26. The molecule has 0 heterocycles. The van der Waals surface area contributed by atoms with Crippen LogP contribution < -0.4 is 21.3 Å². The molecule has 4 amide bonds. The average molecular weight is 945 g/mol. The van der Waals surface area contributed by atoms with Crippen molar-refractivity contribution in [3.05, 3.63) is 140 Å². The van der Waals surface area contributed by atoms with Crippen molar-refractivity contribution in [1.82, 2.24) is 0 Å². The van der Waals surface area contributed by atoms with Crippen LogP contribution in [-0.4, -0.2) is 47.3 Å². The minimum absolute atomic E-state index is 0.0884. The number of rotatable bonds is 16. The molecule has 4 unspecified atom stereocenters. The number of anilines is 4. The monoisotopic (exact) mass is 942 g/mol. The Labute approximate surface area is 389 Å². The first-order chi connectivity index (χ1) is 30.3. The van der Waals surface area contributed by atoms with Gasteiger partial charge < -0.3 is 21.3 Å². The Kier molecular flexibility index (Phi) is 16.6. The zero-order valence-corrected chi connectivity index (χ0v) is 38.3. The molecule has 64 heavy (non-hydrogen) atoms. The fourth-order valence-corrected chi connectivity index (χ4v) is 6.78. The summed E-state index contributed by atoms with van der Waals surface area (Å²) < 4.78 is 0. The first-order valence-corrected chi connectivity index (χ1v) is 21.2. The van der Waals surface area contributed by atoms with E-state index in [4.69, 9.17) is 46.4 Å². The quantitative estimate of drug-likeness (QED) is 0.0431. The molecular weight excluding hydrogens is 902 g/mol. The molecule has 0 fully saturated rings. The highest BCUT2D eigenvalue weighted by molar-refractivity contribution is 6.35. The van der Waals surface area contributed by atoms with Crippen molar-refractivity contribution < 1.29 is 28.8 Å². The van der Waals surface area contributed by atoms with Gasteiger partial charge in [-0.3, -0.25) is 28.8 Å². The Morgan fingerprint density at radius 2 is 0.875 bits per heavy atom. The predicted molar refractivity (Wildman–Crippen MR) is 251 cm³/mol. The van der Waals surface area contributed by atoms with E-state index in [1.807, 2.05) is 13.8 Å². The summed E-state index contributed by atoms with van der Waals surface area (Å²) in [6.45, 7) is 9.38. The van der Waals surface area contributed by atoms with Crippen molar-refractivity contribution in [2.24, 2.45) is 20.5 Å². The number of alkyl halides is 2. The number of benzene rings is 5. The van der Waals surface area contributed by atoms with Crippen LogP contribution in [0.25, 0.3) is 0 Å². The number of aryl methyl sites for hydroxylation is 2. The molecule has 0 aliphatic rings. The van der Waals surface area contributed by atoms with Gasteiger partial charge in [0.1, 0.15) is 0 Å². The number of ketones is 2. The van der Waals surface area contributed by atoms with E-state index >= 15 is 0 Å². The molecule has 5 aromatic carbocycles. The largest absolute Gasteiger partial charge is 0.324 e. The zero-order chi connectivity index (χ0) is 46.8. The molecule has 0 aliphatic carbocycles. The maximum atomic E-state index is 13.4. The van der Waals surface area contributed by atoms with Crippen LogP contribution in [0.4, 0.5) is 34.1 Å². The summed E-state index contributed by atoms with van der Waals surface area (Å²) in [4.78, 5) is 78.2. The molecule has 330 valence electrons. The van der Waals surface area contributed by atoms with E-state index in [1.165, 1.54) is 50.2 Å². The Morgan fingerprint density at radius 3 is 1.23 bits per heavy atom. The molecule has 0 saturated heterocycles. The number of amides is 4. The third-order valence-corrected chi connectivity index (χ3v) is 10.7. The first kappa shape index (κ1) is 48.7. The molecule has 0 bridgehead atoms. The maximum Gasteiger partial charge on any atom is 0.258 e. The van der Waals surface area contributed by atoms with Crippen LogP contribution >= 0.6 is 46.4 Å². The lowest BCUT2D eigenvalue weighted by atomic mass is 10.1. The molecule has 0 aliphatic heterocycles. The summed E-state index contributed by atoms with van der Waals surface area (Å²) in [5.74, 6) is -3.81. The summed E-state index contributed by atoms with van der Waals surface area (Å²) in [6.07, 6.45) is 0. The fourth-order valence-electron chi connectivity index (χ4n) is 6.08. The Bertz CT molecular complexity index is 2650. The van der Waals surface area contributed by atoms with E-state index in [9.17, 15) is 28.8 Å². The molecule has 0 spiro atoms. The van der Waals surface area contributed by atoms with Crippen LogP contribution in [-0.2, 0) is 19.2 Å².